The van der Waals surface area contributed by atoms with Crippen molar-refractivity contribution in [2.24, 2.45) is 11.1 Å². The lowest BCUT2D eigenvalue weighted by molar-refractivity contribution is -0.125. The summed E-state index contributed by atoms with van der Waals surface area (Å²) in [6, 6.07) is 3.58. The molecule has 4 fully saturated rings. The molecule has 3 unspecified atom stereocenters. The van der Waals surface area contributed by atoms with Crippen molar-refractivity contribution in [2.75, 3.05) is 65.3 Å². The molecule has 10 nitrogen and oxygen atoms in total. The molecular formula is C37H63FN6O4S. The van der Waals surface area contributed by atoms with Gasteiger partial charge in [0.1, 0.15) is 12.1 Å². The zero-order chi connectivity index (χ0) is 35.3. The second-order valence-corrected chi connectivity index (χ2v) is 15.1. The van der Waals surface area contributed by atoms with Gasteiger partial charge in [0, 0.05) is 68.1 Å². The van der Waals surface area contributed by atoms with Crippen molar-refractivity contribution in [3.63, 3.8) is 0 Å². The minimum absolute atomic E-state index is 0. The normalized spacial score (nSPS) is 23.9. The van der Waals surface area contributed by atoms with Crippen molar-refractivity contribution in [2.45, 2.75) is 109 Å². The number of rotatable bonds is 11. The number of nitrogens with one attached hydrogen (secondary N) is 1. The van der Waals surface area contributed by atoms with Crippen LogP contribution in [0.25, 0.3) is 0 Å². The number of benzene rings is 1. The largest absolute Gasteiger partial charge is 0.369 e. The Labute approximate surface area is 299 Å². The molecule has 3 N–H and O–H groups in total. The zero-order valence-electron chi connectivity index (χ0n) is 29.8. The molecule has 1 aliphatic carbocycles. The Hall–Kier alpha value is -2.38. The average molecular weight is 707 g/mol. The summed E-state index contributed by atoms with van der Waals surface area (Å²) in [6.45, 7) is 10.3. The molecule has 1 amide bonds. The van der Waals surface area contributed by atoms with E-state index in [1.54, 1.807) is 13.1 Å². The third kappa shape index (κ3) is 11.8. The molecule has 1 spiro atoms. The summed E-state index contributed by atoms with van der Waals surface area (Å²) in [5, 5.41) is 3.29. The average Bonchev–Trinajstić information content (AvgIpc) is 3.73. The number of halogens is 1. The van der Waals surface area contributed by atoms with E-state index in [9.17, 15) is 23.6 Å². The number of hydrogen-bond donors (Lipinski definition) is 2. The van der Waals surface area contributed by atoms with Crippen LogP contribution in [0.5, 0.6) is 0 Å². The van der Waals surface area contributed by atoms with Crippen LogP contribution >= 0.6 is 11.9 Å². The molecule has 1 aromatic rings. The van der Waals surface area contributed by atoms with E-state index in [4.69, 9.17) is 5.73 Å². The number of hydrogen-bond acceptors (Lipinski definition) is 10. The number of carbonyl (C=O) groups is 4. The quantitative estimate of drug-likeness (QED) is 0.239. The fraction of sp³-hybridized carbons (Fsp3) is 0.730. The standard InChI is InChI=1S/C26H37FN4O2S.C8H16N2O2.C2H6.CH4/c27-24-13-19(16-32)20(17-33)14-25(24)30-12-7-26(18-30)6-1-22(15-26)29-8-4-23(5-9-29)34-31-10-2-21(28)3-11-31;1-9-8(12)7(10(2)3)5-4-6-11;1-2;/h13-14,16-17,21-23H,1-12,15,18,28H2;6-7H,4-5H2,1-3H3,(H,9,12);1-2H3;1H4. The molecule has 1 saturated carbocycles. The van der Waals surface area contributed by atoms with Crippen LogP contribution in [-0.4, -0.2) is 123 Å². The molecule has 278 valence electrons. The van der Waals surface area contributed by atoms with Gasteiger partial charge in [0.2, 0.25) is 5.91 Å². The highest BCUT2D eigenvalue weighted by Crippen LogP contribution is 2.49. The fourth-order valence-corrected chi connectivity index (χ4v) is 8.86. The van der Waals surface area contributed by atoms with Crippen LogP contribution in [0.4, 0.5) is 10.1 Å². The Balaban J connectivity index is 0.000000475. The van der Waals surface area contributed by atoms with Gasteiger partial charge < -0.3 is 25.6 Å². The summed E-state index contributed by atoms with van der Waals surface area (Å²) in [5.41, 5.74) is 7.14. The van der Waals surface area contributed by atoms with Gasteiger partial charge >= 0.3 is 0 Å². The van der Waals surface area contributed by atoms with E-state index in [0.717, 1.165) is 57.0 Å². The van der Waals surface area contributed by atoms with E-state index >= 15 is 0 Å². The van der Waals surface area contributed by atoms with Crippen LogP contribution in [0.1, 0.15) is 106 Å². The second-order valence-electron chi connectivity index (χ2n) is 13.7. The highest BCUT2D eigenvalue weighted by atomic mass is 32.2. The smallest absolute Gasteiger partial charge is 0.237 e. The molecule has 1 aromatic carbocycles. The lowest BCUT2D eigenvalue weighted by Gasteiger charge is -2.39. The van der Waals surface area contributed by atoms with Gasteiger partial charge in [0.25, 0.3) is 0 Å². The Bertz CT molecular complexity index is 1190. The summed E-state index contributed by atoms with van der Waals surface area (Å²) >= 11 is 2.07. The number of nitrogens with two attached hydrogens (primary N) is 1. The third-order valence-corrected chi connectivity index (χ3v) is 11.8. The van der Waals surface area contributed by atoms with Crippen molar-refractivity contribution in [3.05, 3.63) is 29.1 Å². The van der Waals surface area contributed by atoms with Crippen molar-refractivity contribution in [1.82, 2.24) is 19.4 Å². The van der Waals surface area contributed by atoms with E-state index in [2.05, 4.69) is 31.4 Å². The molecule has 3 heterocycles. The van der Waals surface area contributed by atoms with Gasteiger partial charge in [-0.05, 0) is 103 Å². The fourth-order valence-electron chi connectivity index (χ4n) is 7.59. The first-order chi connectivity index (χ1) is 23.1. The predicted molar refractivity (Wildman–Crippen MR) is 200 cm³/mol. The summed E-state index contributed by atoms with van der Waals surface area (Å²) in [4.78, 5) is 50.4. The SMILES string of the molecule is C.CC.CNC(=O)C(CCC=O)N(C)C.NC1CCN(SC2CCN(C3CCC4(CCN(c5cc(C=O)c(C=O)cc5F)C4)C3)CC2)CC1. The number of amides is 1. The van der Waals surface area contributed by atoms with Crippen molar-refractivity contribution >= 4 is 42.4 Å². The van der Waals surface area contributed by atoms with Gasteiger partial charge in [-0.3, -0.25) is 23.6 Å². The first-order valence-electron chi connectivity index (χ1n) is 17.8. The molecule has 5 rings (SSSR count). The maximum Gasteiger partial charge on any atom is 0.237 e. The van der Waals surface area contributed by atoms with Crippen LogP contribution in [0.2, 0.25) is 0 Å². The Morgan fingerprint density at radius 1 is 1.02 bits per heavy atom. The number of nitrogens with zero attached hydrogens (tertiary/aromatic N) is 4. The second kappa shape index (κ2) is 21.1. The number of likely N-dealkylation sites (N-methyl/N-ethyl adjacent to an activating group) is 2. The molecule has 12 heteroatoms. The van der Waals surface area contributed by atoms with Gasteiger partial charge in [-0.2, -0.15) is 0 Å². The minimum Gasteiger partial charge on any atom is -0.369 e. The van der Waals surface area contributed by atoms with Gasteiger partial charge in [-0.15, -0.1) is 0 Å². The van der Waals surface area contributed by atoms with E-state index in [-0.39, 0.29) is 35.9 Å². The molecule has 3 saturated heterocycles. The summed E-state index contributed by atoms with van der Waals surface area (Å²) in [5.74, 6) is -0.448. The number of likely N-dealkylation sites (tertiary alicyclic amines) is 1. The maximum absolute atomic E-state index is 14.7. The van der Waals surface area contributed by atoms with Gasteiger partial charge in [0.15, 0.2) is 12.6 Å². The lowest BCUT2D eigenvalue weighted by atomic mass is 9.85. The van der Waals surface area contributed by atoms with E-state index in [0.29, 0.717) is 43.2 Å². The van der Waals surface area contributed by atoms with Crippen LogP contribution < -0.4 is 16.0 Å². The van der Waals surface area contributed by atoms with Crippen LogP contribution in [0.15, 0.2) is 12.1 Å². The molecule has 0 radical (unpaired) electrons. The highest BCUT2D eigenvalue weighted by molar-refractivity contribution is 7.97. The first kappa shape index (κ1) is 42.8. The number of aldehydes is 3. The number of carbonyl (C=O) groups excluding carboxylic acids is 4. The maximum atomic E-state index is 14.7. The Morgan fingerprint density at radius 3 is 2.22 bits per heavy atom. The Morgan fingerprint density at radius 2 is 1.65 bits per heavy atom. The molecule has 3 atom stereocenters. The van der Waals surface area contributed by atoms with Crippen LogP contribution in [0, 0.1) is 11.2 Å². The molecule has 4 aliphatic rings. The number of anilines is 1. The van der Waals surface area contributed by atoms with Crippen molar-refractivity contribution < 1.29 is 23.6 Å². The van der Waals surface area contributed by atoms with Gasteiger partial charge in [0.05, 0.1) is 11.7 Å². The van der Waals surface area contributed by atoms with Crippen molar-refractivity contribution in [1.29, 1.82) is 0 Å². The highest BCUT2D eigenvalue weighted by Gasteiger charge is 2.46. The summed E-state index contributed by atoms with van der Waals surface area (Å²) in [7, 11) is 5.25. The van der Waals surface area contributed by atoms with Crippen LogP contribution in [-0.2, 0) is 9.59 Å². The van der Waals surface area contributed by atoms with E-state index in [1.165, 1.54) is 51.3 Å². The van der Waals surface area contributed by atoms with Gasteiger partial charge in [-0.25, -0.2) is 4.39 Å². The first-order valence-corrected chi connectivity index (χ1v) is 18.7. The van der Waals surface area contributed by atoms with Crippen LogP contribution in [0.3, 0.4) is 0 Å². The van der Waals surface area contributed by atoms with Gasteiger partial charge in [-0.1, -0.05) is 33.2 Å². The van der Waals surface area contributed by atoms with E-state index in [1.807, 2.05) is 32.8 Å². The van der Waals surface area contributed by atoms with Crippen molar-refractivity contribution in [3.8, 4) is 0 Å². The Kier molecular flexibility index (Phi) is 18.4. The van der Waals surface area contributed by atoms with E-state index < -0.39 is 5.82 Å². The monoisotopic (exact) mass is 706 g/mol. The third-order valence-electron chi connectivity index (χ3n) is 10.4. The molecule has 49 heavy (non-hydrogen) atoms. The lowest BCUT2D eigenvalue weighted by Crippen LogP contribution is -2.43. The minimum atomic E-state index is -0.408. The summed E-state index contributed by atoms with van der Waals surface area (Å²) in [6.07, 6.45) is 12.4. The zero-order valence-corrected chi connectivity index (χ0v) is 30.6. The molecule has 0 aromatic heterocycles. The predicted octanol–water partition coefficient (Wildman–Crippen LogP) is 5.04. The molecule has 0 bridgehead atoms. The topological polar surface area (TPSA) is 119 Å². The molecule has 3 aliphatic heterocycles. The molecular weight excluding hydrogens is 644 g/mol. The number of piperidine rings is 2. The summed E-state index contributed by atoms with van der Waals surface area (Å²) < 4.78 is 17.3.